The molecule has 106 valence electrons. The van der Waals surface area contributed by atoms with Crippen LogP contribution in [-0.4, -0.2) is 26.2 Å². The van der Waals surface area contributed by atoms with E-state index in [1.807, 2.05) is 0 Å². The minimum atomic E-state index is -2.40. The summed E-state index contributed by atoms with van der Waals surface area (Å²) in [5.41, 5.74) is 1.66. The molecule has 3 rings (SSSR count). The molecule has 2 aromatic heterocycles. The van der Waals surface area contributed by atoms with Crippen molar-refractivity contribution < 1.29 is 8.78 Å². The predicted molar refractivity (Wildman–Crippen MR) is 69.6 cm³/mol. The van der Waals surface area contributed by atoms with Gasteiger partial charge in [-0.05, 0) is 12.8 Å². The Kier molecular flexibility index (Phi) is 3.58. The van der Waals surface area contributed by atoms with Gasteiger partial charge in [0, 0.05) is 36.6 Å². The Balaban J connectivity index is 1.54. The largest absolute Gasteiger partial charge is 0.378 e. The molecule has 0 bridgehead atoms. The van der Waals surface area contributed by atoms with Crippen molar-refractivity contribution >= 4 is 5.69 Å². The van der Waals surface area contributed by atoms with E-state index in [0.717, 1.165) is 11.4 Å². The number of alkyl halides is 2. The topological polar surface area (TPSA) is 55.6 Å². The van der Waals surface area contributed by atoms with Crippen LogP contribution in [0.3, 0.4) is 0 Å². The Morgan fingerprint density at radius 1 is 1.25 bits per heavy atom. The second-order valence-corrected chi connectivity index (χ2v) is 4.92. The second-order valence-electron chi connectivity index (χ2n) is 4.92. The number of hydrogen-bond acceptors (Lipinski definition) is 4. The lowest BCUT2D eigenvalue weighted by Gasteiger charge is -2.04. The first-order valence-electron chi connectivity index (χ1n) is 6.56. The number of nitrogens with zero attached hydrogens (tertiary/aromatic N) is 4. The molecule has 20 heavy (non-hydrogen) atoms. The van der Waals surface area contributed by atoms with E-state index in [0.29, 0.717) is 18.2 Å². The lowest BCUT2D eigenvalue weighted by molar-refractivity contribution is 0.122. The van der Waals surface area contributed by atoms with Crippen molar-refractivity contribution in [1.82, 2.24) is 19.7 Å². The van der Waals surface area contributed by atoms with Gasteiger partial charge in [-0.1, -0.05) is 0 Å². The van der Waals surface area contributed by atoms with Crippen molar-refractivity contribution in [1.29, 1.82) is 0 Å². The summed E-state index contributed by atoms with van der Waals surface area (Å²) in [6.45, 7) is 0.159. The summed E-state index contributed by atoms with van der Waals surface area (Å²) in [6, 6.07) is 0. The number of nitrogens with one attached hydrogen (secondary N) is 1. The maximum atomic E-state index is 12.2. The Hall–Kier alpha value is -2.05. The second kappa shape index (κ2) is 5.52. The van der Waals surface area contributed by atoms with Crippen molar-refractivity contribution in [3.05, 3.63) is 36.2 Å². The molecule has 1 saturated carbocycles. The molecule has 0 amide bonds. The Morgan fingerprint density at radius 2 is 2.00 bits per heavy atom. The van der Waals surface area contributed by atoms with E-state index in [1.165, 1.54) is 23.7 Å². The summed E-state index contributed by atoms with van der Waals surface area (Å²) < 4.78 is 25.6. The standard InChI is InChI=1S/C13H15F2N5/c14-12(15)8-20-7-11(6-19-20)16-3-9-4-17-13(18-5-9)10-1-2-10/h4-7,10,12,16H,1-3,8H2. The van der Waals surface area contributed by atoms with E-state index < -0.39 is 6.43 Å². The first kappa shape index (κ1) is 13.0. The molecule has 0 spiro atoms. The highest BCUT2D eigenvalue weighted by molar-refractivity contribution is 5.38. The molecule has 1 aliphatic carbocycles. The fraction of sp³-hybridized carbons (Fsp3) is 0.462. The van der Waals surface area contributed by atoms with Crippen molar-refractivity contribution in [2.24, 2.45) is 0 Å². The first-order chi connectivity index (χ1) is 9.70. The van der Waals surface area contributed by atoms with Crippen LogP contribution in [0.1, 0.15) is 30.1 Å². The van der Waals surface area contributed by atoms with Crippen molar-refractivity contribution in [2.75, 3.05) is 5.32 Å². The fourth-order valence-electron chi connectivity index (χ4n) is 1.91. The zero-order chi connectivity index (χ0) is 13.9. The van der Waals surface area contributed by atoms with Crippen LogP contribution in [0.4, 0.5) is 14.5 Å². The average Bonchev–Trinajstić information content (AvgIpc) is 3.19. The van der Waals surface area contributed by atoms with Gasteiger partial charge in [0.25, 0.3) is 6.43 Å². The smallest absolute Gasteiger partial charge is 0.257 e. The zero-order valence-corrected chi connectivity index (χ0v) is 10.8. The van der Waals surface area contributed by atoms with Crippen LogP contribution in [0, 0.1) is 0 Å². The molecule has 1 aliphatic rings. The fourth-order valence-corrected chi connectivity index (χ4v) is 1.91. The van der Waals surface area contributed by atoms with Crippen LogP contribution in [-0.2, 0) is 13.1 Å². The van der Waals surface area contributed by atoms with Crippen LogP contribution in [0.2, 0.25) is 0 Å². The maximum Gasteiger partial charge on any atom is 0.257 e. The summed E-state index contributed by atoms with van der Waals surface area (Å²) in [5, 5.41) is 6.97. The molecule has 0 saturated heterocycles. The van der Waals surface area contributed by atoms with Gasteiger partial charge in [-0.2, -0.15) is 5.10 Å². The number of halogens is 2. The molecule has 0 atom stereocenters. The van der Waals surface area contributed by atoms with Gasteiger partial charge >= 0.3 is 0 Å². The molecule has 0 aromatic carbocycles. The molecule has 5 nitrogen and oxygen atoms in total. The molecular formula is C13H15F2N5. The van der Waals surface area contributed by atoms with Gasteiger partial charge in [0.1, 0.15) is 12.4 Å². The molecule has 1 fully saturated rings. The SMILES string of the molecule is FC(F)Cn1cc(NCc2cnc(C3CC3)nc2)cn1. The Morgan fingerprint density at radius 3 is 2.65 bits per heavy atom. The lowest BCUT2D eigenvalue weighted by atomic mass is 10.3. The van der Waals surface area contributed by atoms with Gasteiger partial charge in [0.15, 0.2) is 0 Å². The first-order valence-corrected chi connectivity index (χ1v) is 6.56. The third kappa shape index (κ3) is 3.28. The average molecular weight is 279 g/mol. The number of anilines is 1. The van der Waals surface area contributed by atoms with Gasteiger partial charge < -0.3 is 5.32 Å². The molecular weight excluding hydrogens is 264 g/mol. The van der Waals surface area contributed by atoms with Gasteiger partial charge in [0.2, 0.25) is 0 Å². The highest BCUT2D eigenvalue weighted by Crippen LogP contribution is 2.37. The van der Waals surface area contributed by atoms with Crippen molar-refractivity contribution in [3.8, 4) is 0 Å². The zero-order valence-electron chi connectivity index (χ0n) is 10.8. The van der Waals surface area contributed by atoms with E-state index >= 15 is 0 Å². The minimum Gasteiger partial charge on any atom is -0.378 e. The van der Waals surface area contributed by atoms with Crippen LogP contribution < -0.4 is 5.32 Å². The molecule has 7 heteroatoms. The summed E-state index contributed by atoms with van der Waals surface area (Å²) in [6.07, 6.45) is 6.66. The summed E-state index contributed by atoms with van der Waals surface area (Å²) >= 11 is 0. The Bertz CT molecular complexity index is 562. The van der Waals surface area contributed by atoms with Crippen LogP contribution in [0.5, 0.6) is 0 Å². The quantitative estimate of drug-likeness (QED) is 0.882. The van der Waals surface area contributed by atoms with Crippen LogP contribution in [0.25, 0.3) is 0 Å². The summed E-state index contributed by atoms with van der Waals surface area (Å²) in [4.78, 5) is 8.65. The summed E-state index contributed by atoms with van der Waals surface area (Å²) in [7, 11) is 0. The highest BCUT2D eigenvalue weighted by atomic mass is 19.3. The van der Waals surface area contributed by atoms with Crippen LogP contribution >= 0.6 is 0 Å². The van der Waals surface area contributed by atoms with Gasteiger partial charge in [-0.3, -0.25) is 4.68 Å². The van der Waals surface area contributed by atoms with Crippen molar-refractivity contribution in [3.63, 3.8) is 0 Å². The highest BCUT2D eigenvalue weighted by Gasteiger charge is 2.25. The van der Waals surface area contributed by atoms with Crippen molar-refractivity contribution in [2.45, 2.75) is 38.3 Å². The lowest BCUT2D eigenvalue weighted by Crippen LogP contribution is -2.06. The number of rotatable bonds is 6. The molecule has 1 N–H and O–H groups in total. The minimum absolute atomic E-state index is 0.388. The van der Waals surface area contributed by atoms with E-state index in [4.69, 9.17) is 0 Å². The van der Waals surface area contributed by atoms with E-state index in [-0.39, 0.29) is 6.54 Å². The maximum absolute atomic E-state index is 12.2. The van der Waals surface area contributed by atoms with Gasteiger partial charge in [-0.15, -0.1) is 0 Å². The molecule has 0 aliphatic heterocycles. The normalized spacial score (nSPS) is 14.8. The number of hydrogen-bond donors (Lipinski definition) is 1. The predicted octanol–water partition coefficient (Wildman–Crippen LogP) is 2.43. The van der Waals surface area contributed by atoms with Crippen LogP contribution in [0.15, 0.2) is 24.8 Å². The van der Waals surface area contributed by atoms with E-state index in [1.54, 1.807) is 18.6 Å². The van der Waals surface area contributed by atoms with Gasteiger partial charge in [0.05, 0.1) is 11.9 Å². The number of aromatic nitrogens is 4. The van der Waals surface area contributed by atoms with E-state index in [2.05, 4.69) is 20.4 Å². The van der Waals surface area contributed by atoms with Gasteiger partial charge in [-0.25, -0.2) is 18.7 Å². The molecule has 0 unspecified atom stereocenters. The molecule has 0 radical (unpaired) electrons. The third-order valence-electron chi connectivity index (χ3n) is 3.12. The monoisotopic (exact) mass is 279 g/mol. The molecule has 2 heterocycles. The third-order valence-corrected chi connectivity index (χ3v) is 3.12. The van der Waals surface area contributed by atoms with E-state index in [9.17, 15) is 8.78 Å². The Labute approximate surface area is 115 Å². The summed E-state index contributed by atoms with van der Waals surface area (Å²) in [5.74, 6) is 1.46. The molecule has 2 aromatic rings.